The first-order chi connectivity index (χ1) is 24.6. The van der Waals surface area contributed by atoms with Crippen LogP contribution in [0.2, 0.25) is 0 Å². The van der Waals surface area contributed by atoms with Gasteiger partial charge in [0.15, 0.2) is 0 Å². The maximum Gasteiger partial charge on any atom is 0.0970 e. The molecule has 0 N–H and O–H groups in total. The van der Waals surface area contributed by atoms with Crippen LogP contribution >= 0.6 is 0 Å². The Morgan fingerprint density at radius 2 is 0.980 bits per heavy atom. The first kappa shape index (κ1) is 30.9. The molecule has 4 heteroatoms. The molecule has 0 radical (unpaired) electrons. The van der Waals surface area contributed by atoms with Crippen LogP contribution in [0.25, 0.3) is 70.8 Å². The largest absolute Gasteiger partial charge is 0.316 e. The van der Waals surface area contributed by atoms with E-state index in [1.54, 1.807) is 0 Å². The van der Waals surface area contributed by atoms with Crippen molar-refractivity contribution >= 4 is 65.2 Å². The van der Waals surface area contributed by atoms with E-state index < -0.39 is 0 Å². The molecule has 0 saturated carbocycles. The quantitative estimate of drug-likeness (QED) is 0.167. The van der Waals surface area contributed by atoms with E-state index in [1.807, 2.05) is 42.9 Å². The van der Waals surface area contributed by atoms with Gasteiger partial charge in [-0.15, -0.1) is 0 Å². The number of hydrogen-bond donors (Lipinski definition) is 0. The molecule has 0 bridgehead atoms. The Kier molecular flexibility index (Phi) is 8.19. The van der Waals surface area contributed by atoms with Gasteiger partial charge in [-0.1, -0.05) is 109 Å². The smallest absolute Gasteiger partial charge is 0.0970 e. The van der Waals surface area contributed by atoms with E-state index in [4.69, 9.17) is 0 Å². The summed E-state index contributed by atoms with van der Waals surface area (Å²) in [7, 11) is 0. The molecule has 10 aromatic rings. The zero-order chi connectivity index (χ0) is 34.0. The summed E-state index contributed by atoms with van der Waals surface area (Å²) in [6.07, 6.45) is 7.71. The van der Waals surface area contributed by atoms with Gasteiger partial charge >= 0.3 is 0 Å². The summed E-state index contributed by atoms with van der Waals surface area (Å²) in [6, 6.07) is 48.5. The van der Waals surface area contributed by atoms with Gasteiger partial charge in [0.05, 0.1) is 22.1 Å². The molecule has 0 aliphatic carbocycles. The molecular weight excluding hydrogens is 609 g/mol. The predicted molar refractivity (Wildman–Crippen MR) is 211 cm³/mol. The van der Waals surface area contributed by atoms with Crippen LogP contribution in [-0.4, -0.2) is 19.5 Å². The fourth-order valence-corrected chi connectivity index (χ4v) is 6.98. The summed E-state index contributed by atoms with van der Waals surface area (Å²) < 4.78 is 2.24. The van der Waals surface area contributed by atoms with E-state index >= 15 is 0 Å². The highest BCUT2D eigenvalue weighted by Crippen LogP contribution is 2.33. The molecule has 4 heterocycles. The molecule has 0 saturated heterocycles. The lowest BCUT2D eigenvalue weighted by molar-refractivity contribution is 1.12. The van der Waals surface area contributed by atoms with Crippen LogP contribution in [0.1, 0.15) is 16.7 Å². The van der Waals surface area contributed by atoms with Crippen molar-refractivity contribution in [3.63, 3.8) is 0 Å². The second kappa shape index (κ2) is 13.3. The Bertz CT molecular complexity index is 2760. The summed E-state index contributed by atoms with van der Waals surface area (Å²) >= 11 is 0. The van der Waals surface area contributed by atoms with Crippen LogP contribution in [0.15, 0.2) is 164 Å². The maximum absolute atomic E-state index is 4.53. The number of pyridine rings is 3. The van der Waals surface area contributed by atoms with Crippen LogP contribution in [0, 0.1) is 20.8 Å². The highest BCUT2D eigenvalue weighted by molar-refractivity contribution is 6.23. The van der Waals surface area contributed by atoms with E-state index in [2.05, 4.69) is 162 Å². The normalized spacial score (nSPS) is 11.1. The van der Waals surface area contributed by atoms with E-state index in [-0.39, 0.29) is 0 Å². The first-order valence-corrected chi connectivity index (χ1v) is 16.9. The average Bonchev–Trinajstić information content (AvgIpc) is 3.52. The fourth-order valence-electron chi connectivity index (χ4n) is 6.98. The monoisotopic (exact) mass is 644 g/mol. The van der Waals surface area contributed by atoms with Crippen LogP contribution in [0.5, 0.6) is 0 Å². The lowest BCUT2D eigenvalue weighted by Crippen LogP contribution is -1.90. The molecular formula is C46H36N4. The van der Waals surface area contributed by atoms with Gasteiger partial charge in [-0.2, -0.15) is 0 Å². The minimum atomic E-state index is 0.981. The zero-order valence-electron chi connectivity index (χ0n) is 28.4. The standard InChI is InChI=1S/C17H12N2.C15H13N.C14H11N/c1-11-6-7-12-13-4-2-8-18-16(13)17-14(15(12)10-11)5-3-9-19-17;1-12-11-16(13-7-3-2-4-8-13)15-10-6-5-9-14(12)15;1-10-9-11-5-2-3-6-13(11)14-12(10)7-4-8-15-14/h2-10H,1H3;2-11H,1H3;2-9H,1H3. The van der Waals surface area contributed by atoms with Gasteiger partial charge in [0, 0.05) is 57.4 Å². The number of para-hydroxylation sites is 2. The number of nitrogens with zero attached hydrogens (tertiary/aromatic N) is 4. The molecule has 4 nitrogen and oxygen atoms in total. The average molecular weight is 645 g/mol. The van der Waals surface area contributed by atoms with Gasteiger partial charge in [-0.05, 0) is 84.5 Å². The number of hydrogen-bond acceptors (Lipinski definition) is 3. The molecule has 0 aliphatic rings. The summed E-state index contributed by atoms with van der Waals surface area (Å²) in [4.78, 5) is 13.5. The lowest BCUT2D eigenvalue weighted by atomic mass is 9.98. The Hall–Kier alpha value is -6.39. The maximum atomic E-state index is 4.53. The van der Waals surface area contributed by atoms with Gasteiger partial charge in [0.2, 0.25) is 0 Å². The topological polar surface area (TPSA) is 43.6 Å². The molecule has 0 unspecified atom stereocenters. The molecule has 0 fully saturated rings. The van der Waals surface area contributed by atoms with E-state index in [9.17, 15) is 0 Å². The van der Waals surface area contributed by atoms with Crippen LogP contribution in [0.3, 0.4) is 0 Å². The number of fused-ring (bicyclic) bond motifs is 10. The molecule has 0 amide bonds. The zero-order valence-corrected chi connectivity index (χ0v) is 28.4. The number of rotatable bonds is 1. The second-order valence-corrected chi connectivity index (χ2v) is 12.7. The van der Waals surface area contributed by atoms with E-state index in [1.165, 1.54) is 71.0 Å². The molecule has 0 aliphatic heterocycles. The summed E-state index contributed by atoms with van der Waals surface area (Å²) in [5.74, 6) is 0. The van der Waals surface area contributed by atoms with Crippen LogP contribution in [0.4, 0.5) is 0 Å². The Labute approximate surface area is 291 Å². The van der Waals surface area contributed by atoms with Gasteiger partial charge < -0.3 is 4.57 Å². The predicted octanol–water partition coefficient (Wildman–Crippen LogP) is 11.9. The van der Waals surface area contributed by atoms with Crippen molar-refractivity contribution in [1.82, 2.24) is 19.5 Å². The van der Waals surface area contributed by atoms with Crippen molar-refractivity contribution in [2.24, 2.45) is 0 Å². The van der Waals surface area contributed by atoms with Gasteiger partial charge in [0.1, 0.15) is 0 Å². The van der Waals surface area contributed by atoms with Crippen molar-refractivity contribution < 1.29 is 0 Å². The number of benzene rings is 6. The lowest BCUT2D eigenvalue weighted by Gasteiger charge is -2.09. The molecule has 0 atom stereocenters. The minimum absolute atomic E-state index is 0.981. The number of aryl methyl sites for hydroxylation is 3. The highest BCUT2D eigenvalue weighted by atomic mass is 15.0. The van der Waals surface area contributed by atoms with Gasteiger partial charge in [-0.25, -0.2) is 0 Å². The molecule has 240 valence electrons. The van der Waals surface area contributed by atoms with E-state index in [0.717, 1.165) is 16.6 Å². The Balaban J connectivity index is 0.000000109. The van der Waals surface area contributed by atoms with Crippen molar-refractivity contribution in [1.29, 1.82) is 0 Å². The summed E-state index contributed by atoms with van der Waals surface area (Å²) in [6.45, 7) is 6.41. The molecule has 50 heavy (non-hydrogen) atoms. The van der Waals surface area contributed by atoms with Crippen LogP contribution < -0.4 is 0 Å². The third kappa shape index (κ3) is 5.71. The van der Waals surface area contributed by atoms with Crippen molar-refractivity contribution in [2.75, 3.05) is 0 Å². The fraction of sp³-hybridized carbons (Fsp3) is 0.0652. The number of aromatic nitrogens is 4. The third-order valence-corrected chi connectivity index (χ3v) is 9.36. The molecule has 10 rings (SSSR count). The Morgan fingerprint density at radius 1 is 0.400 bits per heavy atom. The molecule has 0 spiro atoms. The van der Waals surface area contributed by atoms with E-state index in [0.29, 0.717) is 0 Å². The highest BCUT2D eigenvalue weighted by Gasteiger charge is 2.10. The van der Waals surface area contributed by atoms with Gasteiger partial charge in [-0.3, -0.25) is 15.0 Å². The van der Waals surface area contributed by atoms with Gasteiger partial charge in [0.25, 0.3) is 0 Å². The molecule has 4 aromatic heterocycles. The third-order valence-electron chi connectivity index (χ3n) is 9.36. The summed E-state index contributed by atoms with van der Waals surface area (Å²) in [5.41, 5.74) is 9.42. The van der Waals surface area contributed by atoms with Crippen LogP contribution in [-0.2, 0) is 0 Å². The SMILES string of the molecule is Cc1cc2ccccc2c2ncccc12.Cc1ccc2c(c1)c1cccnc1c1ncccc21.Cc1cn(-c2ccccc2)c2ccccc12. The second-order valence-electron chi connectivity index (χ2n) is 12.7. The summed E-state index contributed by atoms with van der Waals surface area (Å²) in [5, 5.41) is 9.91. The van der Waals surface area contributed by atoms with Crippen molar-refractivity contribution in [2.45, 2.75) is 20.8 Å². The Morgan fingerprint density at radius 3 is 1.72 bits per heavy atom. The minimum Gasteiger partial charge on any atom is -0.316 e. The van der Waals surface area contributed by atoms with Crippen molar-refractivity contribution in [3.05, 3.63) is 181 Å². The van der Waals surface area contributed by atoms with Crippen molar-refractivity contribution in [3.8, 4) is 5.69 Å². The first-order valence-electron chi connectivity index (χ1n) is 16.9. The molecule has 6 aromatic carbocycles.